The maximum absolute atomic E-state index is 13.5. The molecule has 0 spiro atoms. The summed E-state index contributed by atoms with van der Waals surface area (Å²) >= 11 is 3.09. The molecule has 1 atom stereocenters. The fourth-order valence-corrected chi connectivity index (χ4v) is 2.63. The van der Waals surface area contributed by atoms with Crippen LogP contribution in [0.2, 0.25) is 0 Å². The van der Waals surface area contributed by atoms with E-state index in [2.05, 4.69) is 21.2 Å². The van der Waals surface area contributed by atoms with Crippen molar-refractivity contribution in [2.24, 2.45) is 0 Å². The van der Waals surface area contributed by atoms with E-state index in [-0.39, 0.29) is 24.4 Å². The van der Waals surface area contributed by atoms with Crippen LogP contribution in [0.4, 0.5) is 4.39 Å². The molecule has 2 rings (SSSR count). The lowest BCUT2D eigenvalue weighted by molar-refractivity contribution is 0.0720. The van der Waals surface area contributed by atoms with Crippen LogP contribution in [0.1, 0.15) is 29.6 Å². The molecule has 1 aromatic carbocycles. The molecule has 1 aliphatic rings. The van der Waals surface area contributed by atoms with Gasteiger partial charge in [-0.25, -0.2) is 4.39 Å². The summed E-state index contributed by atoms with van der Waals surface area (Å²) in [7, 11) is 1.80. The highest BCUT2D eigenvalue weighted by Gasteiger charge is 2.22. The summed E-state index contributed by atoms with van der Waals surface area (Å²) in [5, 5.41) is 3.32. The van der Waals surface area contributed by atoms with Gasteiger partial charge < -0.3 is 10.2 Å². The van der Waals surface area contributed by atoms with Crippen LogP contribution in [-0.4, -0.2) is 37.0 Å². The number of hydrogen-bond acceptors (Lipinski definition) is 2. The quantitative estimate of drug-likeness (QED) is 0.873. The third-order valence-electron chi connectivity index (χ3n) is 3.58. The van der Waals surface area contributed by atoms with Gasteiger partial charge in [0.05, 0.1) is 4.47 Å². The van der Waals surface area contributed by atoms with Crippen LogP contribution >= 0.6 is 28.3 Å². The maximum atomic E-state index is 13.5. The van der Waals surface area contributed by atoms with Gasteiger partial charge >= 0.3 is 0 Å². The predicted molar refractivity (Wildman–Crippen MR) is 84.0 cm³/mol. The molecule has 1 amide bonds. The molecule has 1 fully saturated rings. The van der Waals surface area contributed by atoms with Crippen LogP contribution in [0.5, 0.6) is 0 Å². The van der Waals surface area contributed by atoms with Crippen molar-refractivity contribution >= 4 is 34.2 Å². The van der Waals surface area contributed by atoms with Crippen LogP contribution in [-0.2, 0) is 0 Å². The van der Waals surface area contributed by atoms with E-state index in [4.69, 9.17) is 0 Å². The minimum absolute atomic E-state index is 0. The minimum atomic E-state index is -0.401. The number of nitrogens with one attached hydrogen (secondary N) is 1. The third kappa shape index (κ3) is 4.17. The topological polar surface area (TPSA) is 32.3 Å². The van der Waals surface area contributed by atoms with Crippen LogP contribution < -0.4 is 5.32 Å². The van der Waals surface area contributed by atoms with Gasteiger partial charge in [0.25, 0.3) is 5.91 Å². The molecule has 0 aromatic heterocycles. The fraction of sp³-hybridized carbons (Fsp3) is 0.500. The second-order valence-corrected chi connectivity index (χ2v) is 5.73. The summed E-state index contributed by atoms with van der Waals surface area (Å²) in [6.07, 6.45) is 3.01. The Morgan fingerprint density at radius 2 is 2.15 bits per heavy atom. The molecular formula is C14H19BrClFN2O. The van der Waals surface area contributed by atoms with Crippen molar-refractivity contribution in [3.05, 3.63) is 34.1 Å². The zero-order valence-electron chi connectivity index (χ0n) is 11.4. The number of nitrogens with zero attached hydrogens (tertiary/aromatic N) is 1. The van der Waals surface area contributed by atoms with E-state index in [0.29, 0.717) is 10.0 Å². The van der Waals surface area contributed by atoms with Crippen molar-refractivity contribution in [2.45, 2.75) is 25.3 Å². The van der Waals surface area contributed by atoms with E-state index in [1.165, 1.54) is 6.07 Å². The predicted octanol–water partition coefficient (Wildman–Crippen LogP) is 3.22. The summed E-state index contributed by atoms with van der Waals surface area (Å²) in [5.74, 6) is -0.514. The molecule has 1 heterocycles. The largest absolute Gasteiger partial charge is 0.339 e. The molecule has 1 saturated heterocycles. The summed E-state index contributed by atoms with van der Waals surface area (Å²) in [4.78, 5) is 14.1. The highest BCUT2D eigenvalue weighted by atomic mass is 79.9. The Kier molecular flexibility index (Phi) is 6.92. The Morgan fingerprint density at radius 1 is 1.40 bits per heavy atom. The van der Waals surface area contributed by atoms with Gasteiger partial charge in [-0.15, -0.1) is 12.4 Å². The first kappa shape index (κ1) is 17.4. The number of amides is 1. The normalized spacial score (nSPS) is 18.9. The molecule has 112 valence electrons. The van der Waals surface area contributed by atoms with Crippen molar-refractivity contribution in [2.75, 3.05) is 20.1 Å². The molecule has 0 radical (unpaired) electrons. The highest BCUT2D eigenvalue weighted by molar-refractivity contribution is 9.10. The van der Waals surface area contributed by atoms with E-state index < -0.39 is 5.82 Å². The second kappa shape index (κ2) is 7.96. The van der Waals surface area contributed by atoms with Gasteiger partial charge in [-0.05, 0) is 66.5 Å². The van der Waals surface area contributed by atoms with Crippen molar-refractivity contribution in [1.82, 2.24) is 10.2 Å². The van der Waals surface area contributed by atoms with Crippen molar-refractivity contribution < 1.29 is 9.18 Å². The lowest BCUT2D eigenvalue weighted by Gasteiger charge is -2.27. The van der Waals surface area contributed by atoms with E-state index in [0.717, 1.165) is 32.4 Å². The number of carbonyl (C=O) groups is 1. The van der Waals surface area contributed by atoms with E-state index in [1.54, 1.807) is 24.1 Å². The van der Waals surface area contributed by atoms with Crippen molar-refractivity contribution in [3.8, 4) is 0 Å². The molecule has 1 N–H and O–H groups in total. The maximum Gasteiger partial charge on any atom is 0.253 e. The molecule has 0 aliphatic carbocycles. The second-order valence-electron chi connectivity index (χ2n) is 4.88. The fourth-order valence-electron chi connectivity index (χ4n) is 2.39. The Morgan fingerprint density at radius 3 is 2.85 bits per heavy atom. The number of carbonyl (C=O) groups excluding carboxylic acids is 1. The van der Waals surface area contributed by atoms with E-state index >= 15 is 0 Å². The van der Waals surface area contributed by atoms with Gasteiger partial charge in [0.1, 0.15) is 5.82 Å². The zero-order valence-corrected chi connectivity index (χ0v) is 13.8. The first-order valence-electron chi connectivity index (χ1n) is 6.52. The standard InChI is InChI=1S/C14H18BrFN2O.ClH/c1-18(11-3-2-7-17-8-6-11)14(19)10-4-5-12(15)13(16)9-10;/h4-5,9,11,17H,2-3,6-8H2,1H3;1H. The summed E-state index contributed by atoms with van der Waals surface area (Å²) < 4.78 is 13.9. The smallest absolute Gasteiger partial charge is 0.253 e. The molecule has 1 aromatic rings. The monoisotopic (exact) mass is 364 g/mol. The molecular weight excluding hydrogens is 347 g/mol. The lowest BCUT2D eigenvalue weighted by Crippen LogP contribution is -2.37. The number of hydrogen-bond donors (Lipinski definition) is 1. The van der Waals surface area contributed by atoms with Crippen LogP contribution in [0.25, 0.3) is 0 Å². The molecule has 1 aliphatic heterocycles. The Labute approximate surface area is 133 Å². The molecule has 0 bridgehead atoms. The minimum Gasteiger partial charge on any atom is -0.339 e. The SMILES string of the molecule is CN(C(=O)c1ccc(Br)c(F)c1)C1CCCNCC1.Cl. The Hall–Kier alpha value is -0.650. The number of benzene rings is 1. The first-order chi connectivity index (χ1) is 9.09. The van der Waals surface area contributed by atoms with Crippen molar-refractivity contribution in [1.29, 1.82) is 0 Å². The highest BCUT2D eigenvalue weighted by Crippen LogP contribution is 2.19. The van der Waals surface area contributed by atoms with Crippen LogP contribution in [0.3, 0.4) is 0 Å². The van der Waals surface area contributed by atoms with Crippen LogP contribution in [0.15, 0.2) is 22.7 Å². The molecule has 1 unspecified atom stereocenters. The van der Waals surface area contributed by atoms with Gasteiger partial charge in [0, 0.05) is 18.7 Å². The van der Waals surface area contributed by atoms with Crippen LogP contribution in [0, 0.1) is 5.82 Å². The first-order valence-corrected chi connectivity index (χ1v) is 7.32. The van der Waals surface area contributed by atoms with Gasteiger partial charge in [0.15, 0.2) is 0 Å². The number of halogens is 3. The van der Waals surface area contributed by atoms with Gasteiger partial charge in [-0.1, -0.05) is 0 Å². The summed E-state index contributed by atoms with van der Waals surface area (Å²) in [5.41, 5.74) is 0.403. The average Bonchev–Trinajstić information content (AvgIpc) is 2.69. The Balaban J connectivity index is 0.00000200. The molecule has 3 nitrogen and oxygen atoms in total. The summed E-state index contributed by atoms with van der Waals surface area (Å²) in [6.45, 7) is 1.93. The third-order valence-corrected chi connectivity index (χ3v) is 4.22. The number of rotatable bonds is 2. The molecule has 20 heavy (non-hydrogen) atoms. The van der Waals surface area contributed by atoms with Gasteiger partial charge in [-0.2, -0.15) is 0 Å². The van der Waals surface area contributed by atoms with Gasteiger partial charge in [0.2, 0.25) is 0 Å². The zero-order chi connectivity index (χ0) is 13.8. The van der Waals surface area contributed by atoms with Crippen molar-refractivity contribution in [3.63, 3.8) is 0 Å². The average molecular weight is 366 g/mol. The van der Waals surface area contributed by atoms with Gasteiger partial charge in [-0.3, -0.25) is 4.79 Å². The lowest BCUT2D eigenvalue weighted by atomic mass is 10.1. The molecule has 6 heteroatoms. The van der Waals surface area contributed by atoms with E-state index in [9.17, 15) is 9.18 Å². The molecule has 0 saturated carbocycles. The van der Waals surface area contributed by atoms with E-state index in [1.807, 2.05) is 0 Å². The summed E-state index contributed by atoms with van der Waals surface area (Å²) in [6, 6.07) is 4.75. The Bertz CT molecular complexity index is 464.